The second kappa shape index (κ2) is 4.19. The number of fused-ring (bicyclic) bond motifs is 1. The van der Waals surface area contributed by atoms with Crippen LogP contribution < -0.4 is 5.73 Å². The van der Waals surface area contributed by atoms with Crippen LogP contribution in [0.4, 0.5) is 5.13 Å². The highest BCUT2D eigenvalue weighted by Gasteiger charge is 2.20. The number of thiazole rings is 1. The first kappa shape index (κ1) is 10.9. The number of nitrogens with two attached hydrogens (primary N) is 1. The van der Waals surface area contributed by atoms with E-state index >= 15 is 0 Å². The summed E-state index contributed by atoms with van der Waals surface area (Å²) in [5.41, 5.74) is 7.16. The number of rotatable bonds is 1. The van der Waals surface area contributed by atoms with Gasteiger partial charge in [-0.2, -0.15) is 0 Å². The molecule has 0 radical (unpaired) electrons. The fourth-order valence-electron chi connectivity index (χ4n) is 1.84. The molecule has 17 heavy (non-hydrogen) atoms. The second-order valence-corrected chi connectivity index (χ2v) is 5.98. The van der Waals surface area contributed by atoms with Gasteiger partial charge in [0, 0.05) is 17.9 Å². The fraction of sp³-hybridized carbons (Fsp3) is 0.273. The molecule has 0 unspecified atom stereocenters. The van der Waals surface area contributed by atoms with Gasteiger partial charge in [-0.1, -0.05) is 11.3 Å². The quantitative estimate of drug-likeness (QED) is 0.857. The van der Waals surface area contributed by atoms with Crippen LogP contribution in [0.5, 0.6) is 0 Å². The number of carbonyl (C=O) groups is 1. The summed E-state index contributed by atoms with van der Waals surface area (Å²) in [6, 6.07) is 5.60. The lowest BCUT2D eigenvalue weighted by Crippen LogP contribution is -2.27. The van der Waals surface area contributed by atoms with E-state index in [0.717, 1.165) is 28.4 Å². The van der Waals surface area contributed by atoms with E-state index in [1.165, 1.54) is 11.3 Å². The molecule has 2 heterocycles. The number of carbonyl (C=O) groups excluding carboxylic acids is 1. The minimum Gasteiger partial charge on any atom is -0.375 e. The van der Waals surface area contributed by atoms with Gasteiger partial charge in [-0.3, -0.25) is 4.79 Å². The summed E-state index contributed by atoms with van der Waals surface area (Å²) in [7, 11) is 0. The Kier molecular flexibility index (Phi) is 2.68. The molecular formula is C11H11N3OS2. The van der Waals surface area contributed by atoms with Crippen LogP contribution in [0.2, 0.25) is 0 Å². The van der Waals surface area contributed by atoms with E-state index in [-0.39, 0.29) is 5.91 Å². The van der Waals surface area contributed by atoms with E-state index < -0.39 is 0 Å². The Morgan fingerprint density at radius 1 is 1.47 bits per heavy atom. The van der Waals surface area contributed by atoms with Crippen LogP contribution in [0.3, 0.4) is 0 Å². The van der Waals surface area contributed by atoms with Crippen molar-refractivity contribution in [2.24, 2.45) is 0 Å². The average Bonchev–Trinajstić information content (AvgIpc) is 2.94. The first-order chi connectivity index (χ1) is 8.24. The van der Waals surface area contributed by atoms with Crippen molar-refractivity contribution in [3.63, 3.8) is 0 Å². The number of aromatic nitrogens is 1. The van der Waals surface area contributed by atoms with E-state index in [2.05, 4.69) is 4.98 Å². The van der Waals surface area contributed by atoms with Gasteiger partial charge in [-0.15, -0.1) is 11.8 Å². The van der Waals surface area contributed by atoms with Gasteiger partial charge in [0.1, 0.15) is 0 Å². The molecule has 1 aromatic carbocycles. The Labute approximate surface area is 107 Å². The molecule has 88 valence electrons. The van der Waals surface area contributed by atoms with E-state index in [9.17, 15) is 4.79 Å². The number of nitrogens with zero attached hydrogens (tertiary/aromatic N) is 2. The molecular weight excluding hydrogens is 254 g/mol. The van der Waals surface area contributed by atoms with Gasteiger partial charge >= 0.3 is 0 Å². The molecule has 1 fully saturated rings. The highest BCUT2D eigenvalue weighted by Crippen LogP contribution is 2.25. The van der Waals surface area contributed by atoms with Crippen LogP contribution >= 0.6 is 23.1 Å². The van der Waals surface area contributed by atoms with Crippen molar-refractivity contribution in [2.45, 2.75) is 0 Å². The van der Waals surface area contributed by atoms with Crippen LogP contribution in [-0.4, -0.2) is 34.0 Å². The molecule has 1 aliphatic heterocycles. The molecule has 0 saturated carbocycles. The monoisotopic (exact) mass is 265 g/mol. The highest BCUT2D eigenvalue weighted by atomic mass is 32.2. The van der Waals surface area contributed by atoms with E-state index in [1.54, 1.807) is 11.8 Å². The lowest BCUT2D eigenvalue weighted by atomic mass is 10.2. The van der Waals surface area contributed by atoms with E-state index in [0.29, 0.717) is 10.7 Å². The van der Waals surface area contributed by atoms with Crippen LogP contribution in [0.1, 0.15) is 10.4 Å². The predicted octanol–water partition coefficient (Wildman–Crippen LogP) is 2.03. The van der Waals surface area contributed by atoms with Crippen molar-refractivity contribution in [1.82, 2.24) is 9.88 Å². The molecule has 1 saturated heterocycles. The highest BCUT2D eigenvalue weighted by molar-refractivity contribution is 7.99. The smallest absolute Gasteiger partial charge is 0.254 e. The molecule has 0 atom stereocenters. The lowest BCUT2D eigenvalue weighted by molar-refractivity contribution is 0.0803. The van der Waals surface area contributed by atoms with Gasteiger partial charge in [0.2, 0.25) is 0 Å². The summed E-state index contributed by atoms with van der Waals surface area (Å²) in [5.74, 6) is 1.90. The minimum atomic E-state index is 0.0865. The maximum absolute atomic E-state index is 12.2. The molecule has 2 N–H and O–H groups in total. The zero-order chi connectivity index (χ0) is 11.8. The molecule has 0 bridgehead atoms. The number of nitrogen functional groups attached to an aromatic ring is 1. The minimum absolute atomic E-state index is 0.0865. The molecule has 4 nitrogen and oxygen atoms in total. The van der Waals surface area contributed by atoms with Crippen LogP contribution in [0.15, 0.2) is 18.2 Å². The number of hydrogen-bond donors (Lipinski definition) is 1. The third-order valence-corrected chi connectivity index (χ3v) is 4.52. The number of amides is 1. The number of hydrogen-bond acceptors (Lipinski definition) is 5. The molecule has 2 aromatic rings. The zero-order valence-electron chi connectivity index (χ0n) is 9.05. The summed E-state index contributed by atoms with van der Waals surface area (Å²) < 4.78 is 1.02. The first-order valence-corrected chi connectivity index (χ1v) is 7.24. The predicted molar refractivity (Wildman–Crippen MR) is 72.4 cm³/mol. The Hall–Kier alpha value is -1.27. The average molecular weight is 265 g/mol. The largest absolute Gasteiger partial charge is 0.375 e. The summed E-state index contributed by atoms with van der Waals surface area (Å²) in [6.45, 7) is 0.834. The molecule has 0 spiro atoms. The number of thioether (sulfide) groups is 1. The van der Waals surface area contributed by atoms with Crippen molar-refractivity contribution in [3.05, 3.63) is 23.8 Å². The fourth-order valence-corrected chi connectivity index (χ4v) is 3.49. The number of benzene rings is 1. The van der Waals surface area contributed by atoms with Gasteiger partial charge in [-0.25, -0.2) is 4.98 Å². The zero-order valence-corrected chi connectivity index (χ0v) is 10.7. The van der Waals surface area contributed by atoms with Crippen LogP contribution in [0.25, 0.3) is 10.2 Å². The van der Waals surface area contributed by atoms with E-state index in [1.807, 2.05) is 23.1 Å². The molecule has 0 aliphatic carbocycles. The normalized spacial score (nSPS) is 15.6. The van der Waals surface area contributed by atoms with Gasteiger partial charge in [-0.05, 0) is 18.2 Å². The lowest BCUT2D eigenvalue weighted by Gasteiger charge is -2.13. The molecule has 3 rings (SSSR count). The van der Waals surface area contributed by atoms with Crippen molar-refractivity contribution in [2.75, 3.05) is 23.9 Å². The summed E-state index contributed by atoms with van der Waals surface area (Å²) in [5, 5.41) is 0.543. The maximum Gasteiger partial charge on any atom is 0.254 e. The maximum atomic E-state index is 12.2. The van der Waals surface area contributed by atoms with Crippen molar-refractivity contribution < 1.29 is 4.79 Å². The van der Waals surface area contributed by atoms with Gasteiger partial charge < -0.3 is 10.6 Å². The van der Waals surface area contributed by atoms with Crippen molar-refractivity contribution in [1.29, 1.82) is 0 Å². The topological polar surface area (TPSA) is 59.2 Å². The Morgan fingerprint density at radius 3 is 3.12 bits per heavy atom. The number of anilines is 1. The molecule has 1 amide bonds. The standard InChI is InChI=1S/C11H11N3OS2/c12-11-13-8-5-7(1-2-9(8)17-11)10(15)14-3-4-16-6-14/h1-2,5H,3-4,6H2,(H2,12,13). The van der Waals surface area contributed by atoms with Crippen molar-refractivity contribution in [3.8, 4) is 0 Å². The van der Waals surface area contributed by atoms with Gasteiger partial charge in [0.05, 0.1) is 16.1 Å². The first-order valence-electron chi connectivity index (χ1n) is 5.27. The van der Waals surface area contributed by atoms with E-state index in [4.69, 9.17) is 5.73 Å². The summed E-state index contributed by atoms with van der Waals surface area (Å²) in [4.78, 5) is 18.2. The molecule has 1 aromatic heterocycles. The third kappa shape index (κ3) is 1.98. The molecule has 6 heteroatoms. The SMILES string of the molecule is Nc1nc2cc(C(=O)N3CCSC3)ccc2s1. The Morgan fingerprint density at radius 2 is 2.35 bits per heavy atom. The molecule has 1 aliphatic rings. The third-order valence-electron chi connectivity index (χ3n) is 2.69. The second-order valence-electron chi connectivity index (χ2n) is 3.84. The Balaban J connectivity index is 1.96. The summed E-state index contributed by atoms with van der Waals surface area (Å²) in [6.07, 6.45) is 0. The summed E-state index contributed by atoms with van der Waals surface area (Å²) >= 11 is 3.23. The van der Waals surface area contributed by atoms with Crippen molar-refractivity contribution >= 4 is 44.4 Å². The van der Waals surface area contributed by atoms with Crippen LogP contribution in [0, 0.1) is 0 Å². The Bertz CT molecular complexity index is 575. The van der Waals surface area contributed by atoms with Gasteiger partial charge in [0.15, 0.2) is 5.13 Å². The van der Waals surface area contributed by atoms with Crippen LogP contribution in [-0.2, 0) is 0 Å². The van der Waals surface area contributed by atoms with Gasteiger partial charge in [0.25, 0.3) is 5.91 Å².